The van der Waals surface area contributed by atoms with Gasteiger partial charge in [0.1, 0.15) is 5.82 Å². The number of fused-ring (bicyclic) bond motifs is 1. The maximum Gasteiger partial charge on any atom is 0.257 e. The van der Waals surface area contributed by atoms with E-state index in [0.717, 1.165) is 62.3 Å². The van der Waals surface area contributed by atoms with E-state index in [-0.39, 0.29) is 29.3 Å². The highest BCUT2D eigenvalue weighted by Crippen LogP contribution is 2.49. The van der Waals surface area contributed by atoms with Crippen molar-refractivity contribution in [2.24, 2.45) is 11.8 Å². The Balaban J connectivity index is 1.36. The SMILES string of the molecule is Cc1cccc(F)c1C(=O)N1C2CCCC2CC(C(=O)Nc2ccc(N(C)C)cc2)[C@@H]1c1ccc(NC2CCOCC2)cc1. The minimum atomic E-state index is -0.529. The molecule has 3 fully saturated rings. The number of nitrogens with one attached hydrogen (secondary N) is 2. The Kier molecular flexibility index (Phi) is 8.89. The van der Waals surface area contributed by atoms with Crippen molar-refractivity contribution in [1.29, 1.82) is 0 Å². The number of halogens is 1. The Labute approximate surface area is 259 Å². The third-order valence-corrected chi connectivity index (χ3v) is 9.72. The minimum absolute atomic E-state index is 0.0463. The average molecular weight is 599 g/mol. The molecule has 2 amide bonds. The molecule has 0 aromatic heterocycles. The number of likely N-dealkylation sites (tertiary alicyclic amines) is 1. The summed E-state index contributed by atoms with van der Waals surface area (Å²) in [7, 11) is 3.96. The van der Waals surface area contributed by atoms with Crippen molar-refractivity contribution in [1.82, 2.24) is 4.90 Å². The zero-order valence-corrected chi connectivity index (χ0v) is 25.9. The number of carbonyl (C=O) groups excluding carboxylic acids is 2. The standard InChI is InChI=1S/C36H43FN4O3/c1-23-6-4-8-31(37)33(23)36(43)41-32-9-5-7-25(32)22-30(35(42)39-27-14-16-29(17-15-27)40(2)3)34(41)24-10-12-26(13-11-24)38-28-18-20-44-21-19-28/h4,6,8,10-17,25,28,30,32,34,38H,5,7,9,18-22H2,1-3H3,(H,39,42)/t25?,30?,32?,34-/m0/s1. The quantitative estimate of drug-likeness (QED) is 0.313. The monoisotopic (exact) mass is 598 g/mol. The van der Waals surface area contributed by atoms with Gasteiger partial charge in [0.05, 0.1) is 17.5 Å². The third kappa shape index (κ3) is 6.18. The van der Waals surface area contributed by atoms with Crippen molar-refractivity contribution in [3.8, 4) is 0 Å². The molecular weight excluding hydrogens is 555 g/mol. The normalized spacial score (nSPS) is 23.6. The molecule has 1 saturated carbocycles. The molecule has 3 aromatic rings. The lowest BCUT2D eigenvalue weighted by Crippen LogP contribution is -2.54. The van der Waals surface area contributed by atoms with Crippen LogP contribution in [0, 0.1) is 24.6 Å². The van der Waals surface area contributed by atoms with Crippen molar-refractivity contribution >= 4 is 28.9 Å². The molecule has 4 atom stereocenters. The van der Waals surface area contributed by atoms with Crippen molar-refractivity contribution in [3.05, 3.63) is 89.2 Å². The minimum Gasteiger partial charge on any atom is -0.382 e. The van der Waals surface area contributed by atoms with Crippen LogP contribution >= 0.6 is 0 Å². The van der Waals surface area contributed by atoms with Crippen LogP contribution in [0.15, 0.2) is 66.7 Å². The molecule has 2 N–H and O–H groups in total. The zero-order chi connectivity index (χ0) is 30.8. The number of benzene rings is 3. The predicted molar refractivity (Wildman–Crippen MR) is 173 cm³/mol. The molecule has 44 heavy (non-hydrogen) atoms. The lowest BCUT2D eigenvalue weighted by Gasteiger charge is -2.48. The highest BCUT2D eigenvalue weighted by Gasteiger charge is 2.50. The van der Waals surface area contributed by atoms with Crippen LogP contribution in [-0.4, -0.2) is 56.1 Å². The second-order valence-electron chi connectivity index (χ2n) is 12.8. The molecule has 0 radical (unpaired) electrons. The van der Waals surface area contributed by atoms with Crippen LogP contribution in [0.3, 0.4) is 0 Å². The van der Waals surface area contributed by atoms with Gasteiger partial charge in [-0.1, -0.05) is 30.7 Å². The molecule has 2 saturated heterocycles. The van der Waals surface area contributed by atoms with Gasteiger partial charge in [-0.15, -0.1) is 0 Å². The van der Waals surface area contributed by atoms with Gasteiger partial charge in [-0.3, -0.25) is 9.59 Å². The summed E-state index contributed by atoms with van der Waals surface area (Å²) in [6.07, 6.45) is 5.37. The van der Waals surface area contributed by atoms with Crippen molar-refractivity contribution < 1.29 is 18.7 Å². The summed E-state index contributed by atoms with van der Waals surface area (Å²) in [5.41, 5.74) is 4.34. The Morgan fingerprint density at radius 2 is 1.61 bits per heavy atom. The molecule has 2 aliphatic heterocycles. The molecular formula is C36H43FN4O3. The molecule has 1 aliphatic carbocycles. The van der Waals surface area contributed by atoms with Crippen LogP contribution in [0.25, 0.3) is 0 Å². The number of ether oxygens (including phenoxy) is 1. The smallest absolute Gasteiger partial charge is 0.257 e. The molecule has 8 heteroatoms. The number of hydrogen-bond acceptors (Lipinski definition) is 5. The maximum atomic E-state index is 15.3. The first-order chi connectivity index (χ1) is 21.3. The van der Waals surface area contributed by atoms with Crippen LogP contribution in [0.4, 0.5) is 21.5 Å². The van der Waals surface area contributed by atoms with E-state index in [0.29, 0.717) is 23.7 Å². The van der Waals surface area contributed by atoms with E-state index in [4.69, 9.17) is 4.74 Å². The van der Waals surface area contributed by atoms with Crippen molar-refractivity contribution in [2.45, 2.75) is 63.6 Å². The summed E-state index contributed by atoms with van der Waals surface area (Å²) in [6.45, 7) is 3.28. The first-order valence-corrected chi connectivity index (χ1v) is 15.9. The fraction of sp³-hybridized carbons (Fsp3) is 0.444. The van der Waals surface area contributed by atoms with E-state index < -0.39 is 17.8 Å². The molecule has 3 aromatic carbocycles. The van der Waals surface area contributed by atoms with Gasteiger partial charge in [-0.25, -0.2) is 4.39 Å². The second kappa shape index (κ2) is 13.0. The van der Waals surface area contributed by atoms with E-state index in [2.05, 4.69) is 10.6 Å². The van der Waals surface area contributed by atoms with E-state index >= 15 is 4.39 Å². The lowest BCUT2D eigenvalue weighted by atomic mass is 9.76. The predicted octanol–water partition coefficient (Wildman–Crippen LogP) is 6.80. The number of amides is 2. The maximum absolute atomic E-state index is 15.3. The molecule has 3 unspecified atom stereocenters. The topological polar surface area (TPSA) is 73.9 Å². The summed E-state index contributed by atoms with van der Waals surface area (Å²) in [6, 6.07) is 20.4. The van der Waals surface area contributed by atoms with Gasteiger partial charge in [-0.05, 0) is 98.5 Å². The second-order valence-corrected chi connectivity index (χ2v) is 12.8. The first kappa shape index (κ1) is 30.1. The van der Waals surface area contributed by atoms with Gasteiger partial charge >= 0.3 is 0 Å². The molecule has 0 spiro atoms. The number of rotatable bonds is 7. The highest BCUT2D eigenvalue weighted by molar-refractivity contribution is 5.98. The van der Waals surface area contributed by atoms with Gasteiger partial charge in [0.25, 0.3) is 5.91 Å². The number of piperidine rings is 1. The zero-order valence-electron chi connectivity index (χ0n) is 25.9. The fourth-order valence-corrected chi connectivity index (χ4v) is 7.40. The number of carbonyl (C=O) groups is 2. The van der Waals surface area contributed by atoms with Crippen molar-refractivity contribution in [3.63, 3.8) is 0 Å². The Morgan fingerprint density at radius 1 is 0.909 bits per heavy atom. The lowest BCUT2D eigenvalue weighted by molar-refractivity contribution is -0.125. The van der Waals surface area contributed by atoms with E-state index in [1.54, 1.807) is 19.1 Å². The summed E-state index contributed by atoms with van der Waals surface area (Å²) in [5, 5.41) is 6.76. The third-order valence-electron chi connectivity index (χ3n) is 9.72. The molecule has 2 heterocycles. The number of aryl methyl sites for hydroxylation is 1. The molecule has 3 aliphatic rings. The van der Waals surface area contributed by atoms with Crippen LogP contribution in [-0.2, 0) is 9.53 Å². The van der Waals surface area contributed by atoms with Crippen LogP contribution in [0.1, 0.15) is 66.1 Å². The summed E-state index contributed by atoms with van der Waals surface area (Å²) in [4.78, 5) is 32.5. The molecule has 6 rings (SSSR count). The number of anilines is 3. The number of hydrogen-bond donors (Lipinski definition) is 2. The summed E-state index contributed by atoms with van der Waals surface area (Å²) >= 11 is 0. The van der Waals surface area contributed by atoms with Gasteiger partial charge in [0.2, 0.25) is 5.91 Å². The van der Waals surface area contributed by atoms with Crippen LogP contribution in [0.5, 0.6) is 0 Å². The summed E-state index contributed by atoms with van der Waals surface area (Å²) < 4.78 is 20.8. The van der Waals surface area contributed by atoms with Crippen molar-refractivity contribution in [2.75, 3.05) is 42.8 Å². The fourth-order valence-electron chi connectivity index (χ4n) is 7.40. The van der Waals surface area contributed by atoms with Crippen LogP contribution < -0.4 is 15.5 Å². The molecule has 7 nitrogen and oxygen atoms in total. The van der Waals surface area contributed by atoms with E-state index in [1.165, 1.54) is 6.07 Å². The van der Waals surface area contributed by atoms with Gasteiger partial charge in [0.15, 0.2) is 0 Å². The average Bonchev–Trinajstić information content (AvgIpc) is 3.50. The first-order valence-electron chi connectivity index (χ1n) is 15.9. The Morgan fingerprint density at radius 3 is 2.30 bits per heavy atom. The van der Waals surface area contributed by atoms with E-state index in [1.807, 2.05) is 72.4 Å². The van der Waals surface area contributed by atoms with Gasteiger partial charge in [-0.2, -0.15) is 0 Å². The highest BCUT2D eigenvalue weighted by atomic mass is 19.1. The molecule has 0 bridgehead atoms. The van der Waals surface area contributed by atoms with Crippen LogP contribution in [0.2, 0.25) is 0 Å². The van der Waals surface area contributed by atoms with E-state index in [9.17, 15) is 9.59 Å². The Hall–Kier alpha value is -3.91. The van der Waals surface area contributed by atoms with Gasteiger partial charge in [0, 0.05) is 56.5 Å². The largest absolute Gasteiger partial charge is 0.382 e. The molecule has 232 valence electrons. The summed E-state index contributed by atoms with van der Waals surface area (Å²) in [5.74, 6) is -1.28. The number of nitrogens with zero attached hydrogens (tertiary/aromatic N) is 2. The van der Waals surface area contributed by atoms with Gasteiger partial charge < -0.3 is 25.2 Å². The Bertz CT molecular complexity index is 1450.